The number of rotatable bonds is 10. The highest BCUT2D eigenvalue weighted by Gasteiger charge is 2.23. The zero-order valence-electron chi connectivity index (χ0n) is 12.2. The van der Waals surface area contributed by atoms with Crippen LogP contribution in [0.2, 0.25) is 0 Å². The molecule has 0 aromatic rings. The van der Waals surface area contributed by atoms with Crippen molar-refractivity contribution >= 4 is 5.97 Å². The van der Waals surface area contributed by atoms with Gasteiger partial charge in [-0.25, -0.2) is 4.79 Å². The lowest BCUT2D eigenvalue weighted by Gasteiger charge is -2.29. The summed E-state index contributed by atoms with van der Waals surface area (Å²) in [5.41, 5.74) is 0.365. The summed E-state index contributed by atoms with van der Waals surface area (Å²) in [5.74, 6) is -1.20. The molecule has 1 unspecified atom stereocenters. The Morgan fingerprint density at radius 1 is 1.37 bits per heavy atom. The van der Waals surface area contributed by atoms with Crippen molar-refractivity contribution in [3.8, 4) is 0 Å². The Morgan fingerprint density at radius 2 is 2.00 bits per heavy atom. The van der Waals surface area contributed by atoms with Crippen molar-refractivity contribution in [2.45, 2.75) is 39.6 Å². The van der Waals surface area contributed by atoms with E-state index in [2.05, 4.69) is 13.2 Å². The first-order valence-corrected chi connectivity index (χ1v) is 6.15. The van der Waals surface area contributed by atoms with Gasteiger partial charge in [-0.3, -0.25) is 0 Å². The average molecular weight is 272 g/mol. The molecule has 0 N–H and O–H groups in total. The highest BCUT2D eigenvalue weighted by atomic mass is 16.7. The maximum Gasteiger partial charge on any atom is 0.333 e. The Bertz CT molecular complexity index is 309. The van der Waals surface area contributed by atoms with E-state index in [0.717, 1.165) is 0 Å². The van der Waals surface area contributed by atoms with Gasteiger partial charge >= 0.3 is 5.97 Å². The smallest absolute Gasteiger partial charge is 0.333 e. The van der Waals surface area contributed by atoms with Crippen molar-refractivity contribution in [2.75, 3.05) is 19.8 Å². The third-order valence-corrected chi connectivity index (χ3v) is 2.05. The van der Waals surface area contributed by atoms with Gasteiger partial charge in [0.15, 0.2) is 5.79 Å². The predicted molar refractivity (Wildman–Crippen MR) is 72.5 cm³/mol. The lowest BCUT2D eigenvalue weighted by molar-refractivity contribution is -0.242. The Hall–Kier alpha value is -1.33. The van der Waals surface area contributed by atoms with E-state index in [-0.39, 0.29) is 12.7 Å². The molecule has 0 heterocycles. The molecule has 5 heteroatoms. The number of esters is 1. The van der Waals surface area contributed by atoms with Crippen LogP contribution in [0.15, 0.2) is 25.0 Å². The lowest BCUT2D eigenvalue weighted by atomic mass is 10.3. The van der Waals surface area contributed by atoms with Crippen LogP contribution in [0.4, 0.5) is 0 Å². The number of ether oxygens (including phenoxy) is 4. The quantitative estimate of drug-likeness (QED) is 0.201. The zero-order chi connectivity index (χ0) is 14.9. The first-order chi connectivity index (χ1) is 8.78. The van der Waals surface area contributed by atoms with Gasteiger partial charge in [-0.15, -0.1) is 0 Å². The van der Waals surface area contributed by atoms with Crippen LogP contribution < -0.4 is 0 Å². The first-order valence-electron chi connectivity index (χ1n) is 6.15. The van der Waals surface area contributed by atoms with E-state index in [1.54, 1.807) is 27.7 Å². The Morgan fingerprint density at radius 3 is 2.53 bits per heavy atom. The molecule has 0 saturated carbocycles. The van der Waals surface area contributed by atoms with Crippen LogP contribution in [0.1, 0.15) is 27.7 Å². The van der Waals surface area contributed by atoms with E-state index in [1.807, 2.05) is 0 Å². The topological polar surface area (TPSA) is 54.0 Å². The van der Waals surface area contributed by atoms with Crippen LogP contribution in [0.25, 0.3) is 0 Å². The van der Waals surface area contributed by atoms with E-state index in [4.69, 9.17) is 18.9 Å². The molecule has 5 nitrogen and oxygen atoms in total. The van der Waals surface area contributed by atoms with Gasteiger partial charge in [0.1, 0.15) is 13.2 Å². The van der Waals surface area contributed by atoms with Crippen molar-refractivity contribution in [3.05, 3.63) is 25.0 Å². The number of hydrogen-bond acceptors (Lipinski definition) is 5. The summed E-state index contributed by atoms with van der Waals surface area (Å²) in [7, 11) is 0. The summed E-state index contributed by atoms with van der Waals surface area (Å²) in [6.45, 7) is 14.9. The molecule has 0 bridgehead atoms. The van der Waals surface area contributed by atoms with Crippen molar-refractivity contribution < 1.29 is 23.7 Å². The van der Waals surface area contributed by atoms with Gasteiger partial charge in [-0.1, -0.05) is 13.2 Å². The Kier molecular flexibility index (Phi) is 8.11. The lowest BCUT2D eigenvalue weighted by Crippen LogP contribution is -2.35. The van der Waals surface area contributed by atoms with Crippen molar-refractivity contribution in [1.29, 1.82) is 0 Å². The highest BCUT2D eigenvalue weighted by Crippen LogP contribution is 2.14. The SMILES string of the molecule is C=COCCOC(C)(C)OC(C)COC(=O)C(=C)C. The van der Waals surface area contributed by atoms with Crippen LogP contribution in [0.3, 0.4) is 0 Å². The van der Waals surface area contributed by atoms with E-state index in [9.17, 15) is 4.79 Å². The molecule has 0 spiro atoms. The summed E-state index contributed by atoms with van der Waals surface area (Å²) in [6, 6.07) is 0. The molecule has 0 rings (SSSR count). The van der Waals surface area contributed by atoms with Crippen molar-refractivity contribution in [3.63, 3.8) is 0 Å². The van der Waals surface area contributed by atoms with Gasteiger partial charge in [0, 0.05) is 5.57 Å². The summed E-state index contributed by atoms with van der Waals surface area (Å²) in [5, 5.41) is 0. The van der Waals surface area contributed by atoms with E-state index in [1.165, 1.54) is 6.26 Å². The predicted octanol–water partition coefficient (Wildman–Crippen LogP) is 2.42. The fourth-order valence-electron chi connectivity index (χ4n) is 1.29. The Balaban J connectivity index is 3.94. The normalized spacial score (nSPS) is 12.6. The van der Waals surface area contributed by atoms with Gasteiger partial charge in [0.2, 0.25) is 0 Å². The largest absolute Gasteiger partial charge is 0.499 e. The molecular weight excluding hydrogens is 248 g/mol. The number of hydrogen-bond donors (Lipinski definition) is 0. The second-order valence-corrected chi connectivity index (χ2v) is 4.59. The molecule has 110 valence electrons. The monoisotopic (exact) mass is 272 g/mol. The standard InChI is InChI=1S/C14H24O5/c1-7-16-8-9-18-14(5,6)19-12(4)10-17-13(15)11(2)3/h7,12H,1-2,8-10H2,3-6H3. The molecule has 0 amide bonds. The van der Waals surface area contributed by atoms with Gasteiger partial charge in [-0.2, -0.15) is 0 Å². The van der Waals surface area contributed by atoms with Gasteiger partial charge in [0.05, 0.1) is 19.0 Å². The average Bonchev–Trinajstić information content (AvgIpc) is 2.31. The summed E-state index contributed by atoms with van der Waals surface area (Å²) < 4.78 is 21.1. The summed E-state index contributed by atoms with van der Waals surface area (Å²) in [4.78, 5) is 11.2. The molecule has 0 aromatic carbocycles. The molecule has 0 saturated heterocycles. The van der Waals surface area contributed by atoms with Crippen LogP contribution in [0, 0.1) is 0 Å². The second kappa shape index (κ2) is 8.72. The molecule has 0 aromatic heterocycles. The van der Waals surface area contributed by atoms with Gasteiger partial charge < -0.3 is 18.9 Å². The van der Waals surface area contributed by atoms with Crippen molar-refractivity contribution in [1.82, 2.24) is 0 Å². The zero-order valence-corrected chi connectivity index (χ0v) is 12.2. The molecule has 0 aliphatic rings. The van der Waals surface area contributed by atoms with Gasteiger partial charge in [-0.05, 0) is 27.7 Å². The minimum Gasteiger partial charge on any atom is -0.499 e. The number of carbonyl (C=O) groups is 1. The Labute approximate surface area is 115 Å². The third kappa shape index (κ3) is 9.27. The van der Waals surface area contributed by atoms with Crippen LogP contribution in [0.5, 0.6) is 0 Å². The first kappa shape index (κ1) is 17.7. The fraction of sp³-hybridized carbons (Fsp3) is 0.643. The third-order valence-electron chi connectivity index (χ3n) is 2.05. The van der Waals surface area contributed by atoms with Crippen LogP contribution in [-0.4, -0.2) is 37.7 Å². The molecule has 0 aliphatic heterocycles. The maximum atomic E-state index is 11.2. The maximum absolute atomic E-state index is 11.2. The molecule has 0 radical (unpaired) electrons. The van der Waals surface area contributed by atoms with Gasteiger partial charge in [0.25, 0.3) is 0 Å². The minimum absolute atomic E-state index is 0.154. The number of carbonyl (C=O) groups excluding carboxylic acids is 1. The molecule has 19 heavy (non-hydrogen) atoms. The van der Waals surface area contributed by atoms with E-state index in [0.29, 0.717) is 18.8 Å². The van der Waals surface area contributed by atoms with Crippen LogP contribution >= 0.6 is 0 Å². The fourth-order valence-corrected chi connectivity index (χ4v) is 1.29. The molecule has 0 aliphatic carbocycles. The minimum atomic E-state index is -0.778. The summed E-state index contributed by atoms with van der Waals surface area (Å²) in [6.07, 6.45) is 1.08. The second-order valence-electron chi connectivity index (χ2n) is 4.59. The van der Waals surface area contributed by atoms with E-state index >= 15 is 0 Å². The van der Waals surface area contributed by atoms with Crippen LogP contribution in [-0.2, 0) is 23.7 Å². The highest BCUT2D eigenvalue weighted by molar-refractivity contribution is 5.86. The molecule has 1 atom stereocenters. The summed E-state index contributed by atoms with van der Waals surface area (Å²) >= 11 is 0. The van der Waals surface area contributed by atoms with E-state index < -0.39 is 11.8 Å². The molecule has 0 fully saturated rings. The van der Waals surface area contributed by atoms with Crippen molar-refractivity contribution in [2.24, 2.45) is 0 Å². The molecular formula is C14H24O5.